The minimum Gasteiger partial charge on any atom is -0.481 e. The van der Waals surface area contributed by atoms with Crippen molar-refractivity contribution in [2.45, 2.75) is 38.3 Å². The van der Waals surface area contributed by atoms with Crippen molar-refractivity contribution in [1.82, 2.24) is 4.90 Å². The molecule has 2 fully saturated rings. The van der Waals surface area contributed by atoms with Crippen LogP contribution in [-0.4, -0.2) is 53.2 Å². The molecule has 1 saturated heterocycles. The van der Waals surface area contributed by atoms with Crippen LogP contribution in [0.5, 0.6) is 0 Å². The number of carboxylic acids is 1. The predicted molar refractivity (Wildman–Crippen MR) is 60.6 cm³/mol. The lowest BCUT2D eigenvalue weighted by molar-refractivity contribution is -0.141. The van der Waals surface area contributed by atoms with Gasteiger partial charge in [-0.1, -0.05) is 0 Å². The standard InChI is InChI=1S/C12H19F2NO3/c1-11(2,3)15-4-5-18-7(6-15)8-9(10(16)17)12(8,13)14/h7-9H,4-6H2,1-3H3,(H,16,17)/t7-,8?,9?/m0/s1. The maximum Gasteiger partial charge on any atom is 0.313 e. The van der Waals surface area contributed by atoms with Crippen LogP contribution >= 0.6 is 0 Å². The molecule has 0 radical (unpaired) electrons. The Balaban J connectivity index is 2.05. The van der Waals surface area contributed by atoms with E-state index >= 15 is 0 Å². The topological polar surface area (TPSA) is 49.8 Å². The lowest BCUT2D eigenvalue weighted by Crippen LogP contribution is -2.52. The number of rotatable bonds is 2. The van der Waals surface area contributed by atoms with Crippen LogP contribution < -0.4 is 0 Å². The van der Waals surface area contributed by atoms with E-state index in [-0.39, 0.29) is 5.54 Å². The summed E-state index contributed by atoms with van der Waals surface area (Å²) in [5, 5.41) is 8.77. The molecule has 1 aliphatic carbocycles. The zero-order valence-electron chi connectivity index (χ0n) is 10.8. The molecule has 2 rings (SSSR count). The van der Waals surface area contributed by atoms with Crippen LogP contribution in [0.3, 0.4) is 0 Å². The van der Waals surface area contributed by atoms with Crippen LogP contribution in [0.2, 0.25) is 0 Å². The monoisotopic (exact) mass is 263 g/mol. The molecule has 0 aromatic rings. The highest BCUT2D eigenvalue weighted by molar-refractivity contribution is 5.76. The van der Waals surface area contributed by atoms with Crippen LogP contribution in [0.15, 0.2) is 0 Å². The van der Waals surface area contributed by atoms with Gasteiger partial charge in [0.05, 0.1) is 18.6 Å². The third-order valence-electron chi connectivity index (χ3n) is 3.82. The molecular weight excluding hydrogens is 244 g/mol. The zero-order chi connectivity index (χ0) is 13.7. The molecule has 6 heteroatoms. The number of carbonyl (C=O) groups is 1. The van der Waals surface area contributed by atoms with E-state index < -0.39 is 29.8 Å². The minimum atomic E-state index is -3.13. The summed E-state index contributed by atoms with van der Waals surface area (Å²) in [6, 6.07) is 0. The van der Waals surface area contributed by atoms with Gasteiger partial charge in [-0.2, -0.15) is 0 Å². The summed E-state index contributed by atoms with van der Waals surface area (Å²) in [5.74, 6) is -7.32. The zero-order valence-corrected chi connectivity index (χ0v) is 10.8. The smallest absolute Gasteiger partial charge is 0.313 e. The number of ether oxygens (including phenoxy) is 1. The van der Waals surface area contributed by atoms with E-state index in [9.17, 15) is 13.6 Å². The highest BCUT2D eigenvalue weighted by Gasteiger charge is 2.75. The number of hydrogen-bond acceptors (Lipinski definition) is 3. The van der Waals surface area contributed by atoms with Gasteiger partial charge in [-0.15, -0.1) is 0 Å². The molecule has 0 aromatic heterocycles. The fourth-order valence-corrected chi connectivity index (χ4v) is 2.63. The molecule has 104 valence electrons. The van der Waals surface area contributed by atoms with Gasteiger partial charge in [-0.05, 0) is 20.8 Å². The van der Waals surface area contributed by atoms with Gasteiger partial charge >= 0.3 is 5.97 Å². The van der Waals surface area contributed by atoms with Crippen LogP contribution in [0, 0.1) is 11.8 Å². The van der Waals surface area contributed by atoms with Gasteiger partial charge in [-0.3, -0.25) is 9.69 Å². The third-order valence-corrected chi connectivity index (χ3v) is 3.82. The van der Waals surface area contributed by atoms with E-state index in [1.807, 2.05) is 20.8 Å². The van der Waals surface area contributed by atoms with E-state index in [1.165, 1.54) is 0 Å². The van der Waals surface area contributed by atoms with Crippen LogP contribution in [-0.2, 0) is 9.53 Å². The van der Waals surface area contributed by atoms with Gasteiger partial charge in [0.15, 0.2) is 0 Å². The van der Waals surface area contributed by atoms with Gasteiger partial charge in [0, 0.05) is 18.6 Å². The van der Waals surface area contributed by atoms with Crippen molar-refractivity contribution < 1.29 is 23.4 Å². The number of alkyl halides is 2. The Morgan fingerprint density at radius 1 is 1.44 bits per heavy atom. The second-order valence-electron chi connectivity index (χ2n) is 6.04. The highest BCUT2D eigenvalue weighted by Crippen LogP contribution is 2.58. The normalized spacial score (nSPS) is 36.4. The van der Waals surface area contributed by atoms with Crippen molar-refractivity contribution in [3.8, 4) is 0 Å². The number of halogens is 2. The van der Waals surface area contributed by atoms with Crippen molar-refractivity contribution >= 4 is 5.97 Å². The van der Waals surface area contributed by atoms with Crippen molar-refractivity contribution in [3.05, 3.63) is 0 Å². The molecule has 1 N–H and O–H groups in total. The first-order valence-corrected chi connectivity index (χ1v) is 6.13. The summed E-state index contributed by atoms with van der Waals surface area (Å²) < 4.78 is 32.2. The molecule has 0 bridgehead atoms. The maximum absolute atomic E-state index is 13.4. The first-order chi connectivity index (χ1) is 8.15. The summed E-state index contributed by atoms with van der Waals surface area (Å²) in [6.07, 6.45) is -0.686. The van der Waals surface area contributed by atoms with Gasteiger partial charge in [-0.25, -0.2) is 8.78 Å². The second-order valence-corrected chi connectivity index (χ2v) is 6.04. The Morgan fingerprint density at radius 2 is 2.06 bits per heavy atom. The molecule has 4 nitrogen and oxygen atoms in total. The number of hydrogen-bond donors (Lipinski definition) is 1. The lowest BCUT2D eigenvalue weighted by Gasteiger charge is -2.41. The summed E-state index contributed by atoms with van der Waals surface area (Å²) in [6.45, 7) is 7.46. The second kappa shape index (κ2) is 4.13. The molecule has 0 aromatic carbocycles. The number of nitrogens with zero attached hydrogens (tertiary/aromatic N) is 1. The van der Waals surface area contributed by atoms with E-state index in [0.29, 0.717) is 19.7 Å². The third kappa shape index (κ3) is 2.23. The van der Waals surface area contributed by atoms with E-state index in [0.717, 1.165) is 0 Å². The predicted octanol–water partition coefficient (Wildman–Crippen LogP) is 1.45. The molecular formula is C12H19F2NO3. The van der Waals surface area contributed by atoms with Crippen molar-refractivity contribution in [1.29, 1.82) is 0 Å². The van der Waals surface area contributed by atoms with Crippen LogP contribution in [0.1, 0.15) is 20.8 Å². The average Bonchev–Trinajstić information content (AvgIpc) is 2.81. The van der Waals surface area contributed by atoms with Gasteiger partial charge in [0.25, 0.3) is 5.92 Å². The summed E-state index contributed by atoms with van der Waals surface area (Å²) >= 11 is 0. The fourth-order valence-electron chi connectivity index (χ4n) is 2.63. The number of morpholine rings is 1. The van der Waals surface area contributed by atoms with E-state index in [2.05, 4.69) is 4.90 Å². The SMILES string of the molecule is CC(C)(C)N1CCO[C@H](C2C(C(=O)O)C2(F)F)C1. The van der Waals surface area contributed by atoms with Crippen LogP contribution in [0.25, 0.3) is 0 Å². The molecule has 0 amide bonds. The molecule has 1 heterocycles. The van der Waals surface area contributed by atoms with Crippen LogP contribution in [0.4, 0.5) is 8.78 Å². The Bertz CT molecular complexity index is 354. The first-order valence-electron chi connectivity index (χ1n) is 6.13. The van der Waals surface area contributed by atoms with Crippen molar-refractivity contribution in [3.63, 3.8) is 0 Å². The Morgan fingerprint density at radius 3 is 2.50 bits per heavy atom. The molecule has 18 heavy (non-hydrogen) atoms. The van der Waals surface area contributed by atoms with Crippen molar-refractivity contribution in [2.24, 2.45) is 11.8 Å². The Labute approximate surface area is 105 Å². The average molecular weight is 263 g/mol. The van der Waals surface area contributed by atoms with E-state index in [4.69, 9.17) is 9.84 Å². The maximum atomic E-state index is 13.4. The minimum absolute atomic E-state index is 0.120. The summed E-state index contributed by atoms with van der Waals surface area (Å²) in [5.41, 5.74) is -0.120. The molecule has 2 aliphatic rings. The lowest BCUT2D eigenvalue weighted by atomic mass is 10.0. The molecule has 1 saturated carbocycles. The van der Waals surface area contributed by atoms with E-state index in [1.54, 1.807) is 0 Å². The summed E-state index contributed by atoms with van der Waals surface area (Å²) in [7, 11) is 0. The summed E-state index contributed by atoms with van der Waals surface area (Å²) in [4.78, 5) is 12.8. The van der Waals surface area contributed by atoms with Gasteiger partial charge in [0.2, 0.25) is 0 Å². The van der Waals surface area contributed by atoms with Gasteiger partial charge < -0.3 is 9.84 Å². The van der Waals surface area contributed by atoms with Crippen molar-refractivity contribution in [2.75, 3.05) is 19.7 Å². The Kier molecular flexibility index (Phi) is 3.14. The van der Waals surface area contributed by atoms with Gasteiger partial charge in [0.1, 0.15) is 5.92 Å². The quantitative estimate of drug-likeness (QED) is 0.819. The molecule has 1 aliphatic heterocycles. The first kappa shape index (κ1) is 13.7. The molecule has 0 spiro atoms. The fraction of sp³-hybridized carbons (Fsp3) is 0.917. The largest absolute Gasteiger partial charge is 0.481 e. The number of aliphatic carboxylic acids is 1. The molecule has 3 atom stereocenters. The highest BCUT2D eigenvalue weighted by atomic mass is 19.3. The number of carboxylic acid groups (broad SMARTS) is 1. The molecule has 2 unspecified atom stereocenters. The Hall–Kier alpha value is -0.750.